The zero-order chi connectivity index (χ0) is 19.3. The number of amides is 1. The number of benzene rings is 1. The van der Waals surface area contributed by atoms with Gasteiger partial charge < -0.3 is 10.1 Å². The molecule has 2 aromatic rings. The topological polar surface area (TPSA) is 68.3 Å². The molecule has 1 amide bonds. The van der Waals surface area contributed by atoms with Crippen molar-refractivity contribution in [2.45, 2.75) is 19.8 Å². The third-order valence-electron chi connectivity index (χ3n) is 3.56. The second kappa shape index (κ2) is 9.21. The lowest BCUT2D eigenvalue weighted by atomic mass is 9.88. The Balaban J connectivity index is 1.98. The van der Waals surface area contributed by atoms with Crippen LogP contribution in [-0.4, -0.2) is 23.5 Å². The fraction of sp³-hybridized carbons (Fsp3) is 0.278. The Morgan fingerprint density at radius 2 is 1.77 bits per heavy atom. The summed E-state index contributed by atoms with van der Waals surface area (Å²) in [5.74, 6) is -1.41. The van der Waals surface area contributed by atoms with Gasteiger partial charge in [0.2, 0.25) is 0 Å². The van der Waals surface area contributed by atoms with E-state index in [9.17, 15) is 9.59 Å². The minimum absolute atomic E-state index is 0.0147. The number of esters is 1. The van der Waals surface area contributed by atoms with E-state index >= 15 is 0 Å². The number of halogens is 3. The molecule has 1 heterocycles. The lowest BCUT2D eigenvalue weighted by molar-refractivity contribution is -0.149. The summed E-state index contributed by atoms with van der Waals surface area (Å²) in [5, 5.41) is 3.60. The van der Waals surface area contributed by atoms with Crippen molar-refractivity contribution in [2.24, 2.45) is 5.92 Å². The van der Waals surface area contributed by atoms with Crippen molar-refractivity contribution in [1.29, 1.82) is 0 Å². The molecule has 2 rings (SSSR count). The van der Waals surface area contributed by atoms with Gasteiger partial charge in [0.15, 0.2) is 12.4 Å². The first kappa shape index (κ1) is 20.5. The summed E-state index contributed by atoms with van der Waals surface area (Å²) in [6, 6.07) is 8.41. The lowest BCUT2D eigenvalue weighted by Crippen LogP contribution is -2.26. The molecule has 0 aliphatic rings. The Kier molecular flexibility index (Phi) is 7.26. The minimum Gasteiger partial charge on any atom is -0.455 e. The largest absolute Gasteiger partial charge is 0.455 e. The zero-order valence-electron chi connectivity index (χ0n) is 14.1. The normalized spacial score (nSPS) is 11.9. The van der Waals surface area contributed by atoms with Gasteiger partial charge in [0.1, 0.15) is 0 Å². The standard InChI is InChI=1S/C18H17Cl3N2O3/c1-10(2)16(11-3-5-12(19)6-4-11)18(25)26-9-15(24)23-17-14(21)7-13(20)8-22-17/h3-8,10,16H,9H2,1-2H3,(H,22,23,24)/t16-/m1/s1. The molecule has 0 fully saturated rings. The highest BCUT2D eigenvalue weighted by Crippen LogP contribution is 2.27. The average Bonchev–Trinajstić information content (AvgIpc) is 2.57. The van der Waals surface area contributed by atoms with Crippen LogP contribution in [0.4, 0.5) is 5.82 Å². The number of hydrogen-bond acceptors (Lipinski definition) is 4. The molecule has 1 atom stereocenters. The van der Waals surface area contributed by atoms with Crippen molar-refractivity contribution in [3.05, 3.63) is 57.2 Å². The monoisotopic (exact) mass is 414 g/mol. The number of hydrogen-bond donors (Lipinski definition) is 1. The Labute approximate surface area is 166 Å². The van der Waals surface area contributed by atoms with Crippen LogP contribution >= 0.6 is 34.8 Å². The van der Waals surface area contributed by atoms with E-state index in [0.29, 0.717) is 10.0 Å². The van der Waals surface area contributed by atoms with E-state index in [2.05, 4.69) is 10.3 Å². The average molecular weight is 416 g/mol. The number of nitrogens with zero attached hydrogens (tertiary/aromatic N) is 1. The number of ether oxygens (including phenoxy) is 1. The number of rotatable bonds is 6. The van der Waals surface area contributed by atoms with Gasteiger partial charge in [-0.25, -0.2) is 4.98 Å². The smallest absolute Gasteiger partial charge is 0.314 e. The molecule has 1 aromatic heterocycles. The third kappa shape index (κ3) is 5.59. The SMILES string of the molecule is CC(C)[C@@H](C(=O)OCC(=O)Nc1ncc(Cl)cc1Cl)c1ccc(Cl)cc1. The maximum atomic E-state index is 12.4. The van der Waals surface area contributed by atoms with Crippen LogP contribution in [0.3, 0.4) is 0 Å². The molecule has 5 nitrogen and oxygen atoms in total. The van der Waals surface area contributed by atoms with Gasteiger partial charge in [-0.3, -0.25) is 9.59 Å². The number of anilines is 1. The highest BCUT2D eigenvalue weighted by atomic mass is 35.5. The van der Waals surface area contributed by atoms with E-state index in [1.807, 2.05) is 13.8 Å². The van der Waals surface area contributed by atoms with E-state index in [1.165, 1.54) is 12.3 Å². The highest BCUT2D eigenvalue weighted by molar-refractivity contribution is 6.36. The van der Waals surface area contributed by atoms with Crippen LogP contribution < -0.4 is 5.32 Å². The molecule has 0 bridgehead atoms. The van der Waals surface area contributed by atoms with Crippen LogP contribution in [0.1, 0.15) is 25.3 Å². The summed E-state index contributed by atoms with van der Waals surface area (Å²) in [6.45, 7) is 3.35. The molecular formula is C18H17Cl3N2O3. The lowest BCUT2D eigenvalue weighted by Gasteiger charge is -2.19. The Morgan fingerprint density at radius 3 is 2.35 bits per heavy atom. The zero-order valence-corrected chi connectivity index (χ0v) is 16.4. The van der Waals surface area contributed by atoms with Gasteiger partial charge in [-0.1, -0.05) is 60.8 Å². The molecule has 1 N–H and O–H groups in total. The number of carbonyl (C=O) groups is 2. The van der Waals surface area contributed by atoms with Crippen molar-refractivity contribution in [1.82, 2.24) is 4.98 Å². The predicted molar refractivity (Wildman–Crippen MR) is 103 cm³/mol. The number of nitrogens with one attached hydrogen (secondary N) is 1. The summed E-state index contributed by atoms with van der Waals surface area (Å²) in [7, 11) is 0. The minimum atomic E-state index is -0.548. The van der Waals surface area contributed by atoms with E-state index in [1.54, 1.807) is 24.3 Å². The van der Waals surface area contributed by atoms with Crippen LogP contribution in [0.25, 0.3) is 0 Å². The second-order valence-electron chi connectivity index (χ2n) is 5.91. The van der Waals surface area contributed by atoms with Gasteiger partial charge >= 0.3 is 5.97 Å². The maximum absolute atomic E-state index is 12.4. The van der Waals surface area contributed by atoms with Gasteiger partial charge in [0.25, 0.3) is 5.91 Å². The number of pyridine rings is 1. The number of aromatic nitrogens is 1. The summed E-state index contributed by atoms with van der Waals surface area (Å²) >= 11 is 17.6. The Bertz CT molecular complexity index is 795. The summed E-state index contributed by atoms with van der Waals surface area (Å²) in [6.07, 6.45) is 1.35. The van der Waals surface area contributed by atoms with Crippen molar-refractivity contribution >= 4 is 52.5 Å². The van der Waals surface area contributed by atoms with Gasteiger partial charge in [-0.2, -0.15) is 0 Å². The predicted octanol–water partition coefficient (Wildman–Crippen LogP) is 4.96. The fourth-order valence-corrected chi connectivity index (χ4v) is 2.92. The first-order chi connectivity index (χ1) is 12.3. The molecule has 0 unspecified atom stereocenters. The van der Waals surface area contributed by atoms with Crippen LogP contribution in [0.5, 0.6) is 0 Å². The Morgan fingerprint density at radius 1 is 1.12 bits per heavy atom. The second-order valence-corrected chi connectivity index (χ2v) is 7.19. The van der Waals surface area contributed by atoms with Crippen molar-refractivity contribution < 1.29 is 14.3 Å². The van der Waals surface area contributed by atoms with Crippen molar-refractivity contribution in [2.75, 3.05) is 11.9 Å². The number of carbonyl (C=O) groups excluding carboxylic acids is 2. The fourth-order valence-electron chi connectivity index (χ4n) is 2.36. The van der Waals surface area contributed by atoms with E-state index in [4.69, 9.17) is 39.5 Å². The first-order valence-electron chi connectivity index (χ1n) is 7.81. The third-order valence-corrected chi connectivity index (χ3v) is 4.31. The van der Waals surface area contributed by atoms with Gasteiger partial charge in [-0.15, -0.1) is 0 Å². The van der Waals surface area contributed by atoms with Gasteiger partial charge in [-0.05, 0) is 29.7 Å². The molecule has 0 radical (unpaired) electrons. The molecule has 1 aromatic carbocycles. The summed E-state index contributed by atoms with van der Waals surface area (Å²) < 4.78 is 5.17. The molecule has 8 heteroatoms. The summed E-state index contributed by atoms with van der Waals surface area (Å²) in [5.41, 5.74) is 0.775. The molecule has 0 spiro atoms. The van der Waals surface area contributed by atoms with E-state index in [-0.39, 0.29) is 16.8 Å². The molecule has 0 saturated heterocycles. The quantitative estimate of drug-likeness (QED) is 0.677. The van der Waals surface area contributed by atoms with Crippen LogP contribution in [0.15, 0.2) is 36.5 Å². The van der Waals surface area contributed by atoms with Crippen LogP contribution in [-0.2, 0) is 14.3 Å². The van der Waals surface area contributed by atoms with Crippen molar-refractivity contribution in [3.8, 4) is 0 Å². The Hall–Kier alpha value is -1.82. The van der Waals surface area contributed by atoms with Crippen LogP contribution in [0, 0.1) is 5.92 Å². The maximum Gasteiger partial charge on any atom is 0.314 e. The summed E-state index contributed by atoms with van der Waals surface area (Å²) in [4.78, 5) is 28.3. The first-order valence-corrected chi connectivity index (χ1v) is 8.94. The molecule has 0 aliphatic heterocycles. The van der Waals surface area contributed by atoms with Crippen LogP contribution in [0.2, 0.25) is 15.1 Å². The molecule has 26 heavy (non-hydrogen) atoms. The van der Waals surface area contributed by atoms with Gasteiger partial charge in [0, 0.05) is 11.2 Å². The molecule has 0 aliphatic carbocycles. The van der Waals surface area contributed by atoms with Gasteiger partial charge in [0.05, 0.1) is 16.0 Å². The van der Waals surface area contributed by atoms with E-state index < -0.39 is 24.4 Å². The van der Waals surface area contributed by atoms with E-state index in [0.717, 1.165) is 5.56 Å². The molecular weight excluding hydrogens is 399 g/mol. The molecule has 138 valence electrons. The van der Waals surface area contributed by atoms with Crippen molar-refractivity contribution in [3.63, 3.8) is 0 Å². The molecule has 0 saturated carbocycles. The highest BCUT2D eigenvalue weighted by Gasteiger charge is 2.26.